The van der Waals surface area contributed by atoms with E-state index >= 15 is 0 Å². The van der Waals surface area contributed by atoms with Gasteiger partial charge in [0, 0.05) is 34.6 Å². The van der Waals surface area contributed by atoms with Crippen LogP contribution in [0.15, 0.2) is 54.0 Å². The van der Waals surface area contributed by atoms with Crippen molar-refractivity contribution in [1.29, 1.82) is 0 Å². The number of rotatable bonds is 6. The van der Waals surface area contributed by atoms with Gasteiger partial charge in [-0.1, -0.05) is 35.9 Å². The molecule has 2 aromatic carbocycles. The van der Waals surface area contributed by atoms with Crippen molar-refractivity contribution < 1.29 is 5.21 Å². The second-order valence-corrected chi connectivity index (χ2v) is 7.28. The van der Waals surface area contributed by atoms with Crippen molar-refractivity contribution in [3.05, 3.63) is 69.8 Å². The lowest BCUT2D eigenvalue weighted by Gasteiger charge is -2.23. The zero-order chi connectivity index (χ0) is 18.8. The fraction of sp³-hybridized carbons (Fsp3) is 0.105. The second-order valence-electron chi connectivity index (χ2n) is 6.01. The summed E-state index contributed by atoms with van der Waals surface area (Å²) in [6.07, 6.45) is 2.91. The third-order valence-corrected chi connectivity index (χ3v) is 5.42. The fourth-order valence-electron chi connectivity index (χ4n) is 2.95. The molecule has 4 aromatic rings. The lowest BCUT2D eigenvalue weighted by molar-refractivity contribution is 0.296. The Balaban J connectivity index is 1.43. The molecule has 138 valence electrons. The molecule has 27 heavy (non-hydrogen) atoms. The highest BCUT2D eigenvalue weighted by Gasteiger charge is 2.09. The van der Waals surface area contributed by atoms with E-state index in [1.165, 1.54) is 28.4 Å². The molecule has 2 heterocycles. The highest BCUT2D eigenvalue weighted by molar-refractivity contribution is 7.14. The number of halogens is 1. The Morgan fingerprint density at radius 2 is 2.11 bits per heavy atom. The number of nitrogens with zero attached hydrogens (tertiary/aromatic N) is 2. The summed E-state index contributed by atoms with van der Waals surface area (Å²) in [7, 11) is 0. The molecule has 0 aliphatic carbocycles. The van der Waals surface area contributed by atoms with Crippen LogP contribution in [0, 0.1) is 5.21 Å². The van der Waals surface area contributed by atoms with E-state index in [2.05, 4.69) is 27.4 Å². The monoisotopic (exact) mass is 399 g/mol. The Kier molecular flexibility index (Phi) is 5.00. The number of aromatic amines is 1. The van der Waals surface area contributed by atoms with Gasteiger partial charge in [-0.15, -0.1) is 11.3 Å². The second kappa shape index (κ2) is 7.58. The number of thiazole rings is 1. The number of fused-ring (bicyclic) bond motifs is 1. The number of nitrogens with one attached hydrogen (secondary N) is 2. The number of aromatic nitrogens is 2. The van der Waals surface area contributed by atoms with Crippen molar-refractivity contribution in [2.45, 2.75) is 6.42 Å². The normalized spacial score (nSPS) is 11.1. The van der Waals surface area contributed by atoms with E-state index in [9.17, 15) is 5.21 Å². The number of hydrogen-bond donors (Lipinski definition) is 3. The van der Waals surface area contributed by atoms with Gasteiger partial charge in [0.15, 0.2) is 5.13 Å². The van der Waals surface area contributed by atoms with Crippen LogP contribution in [0.1, 0.15) is 5.56 Å². The lowest BCUT2D eigenvalue weighted by Crippen LogP contribution is -2.07. The maximum atomic E-state index is 11.2. The fourth-order valence-corrected chi connectivity index (χ4v) is 3.89. The molecule has 0 aliphatic rings. The average molecular weight is 400 g/mol. The highest BCUT2D eigenvalue weighted by atomic mass is 35.5. The molecule has 0 aliphatic heterocycles. The zero-order valence-corrected chi connectivity index (χ0v) is 15.7. The van der Waals surface area contributed by atoms with Crippen LogP contribution in [-0.2, 0) is 6.42 Å². The maximum absolute atomic E-state index is 11.2. The van der Waals surface area contributed by atoms with E-state index < -0.39 is 0 Å². The van der Waals surface area contributed by atoms with Crippen LogP contribution in [0.4, 0.5) is 10.8 Å². The summed E-state index contributed by atoms with van der Waals surface area (Å²) >= 11 is 7.39. The largest absolute Gasteiger partial charge is 0.733 e. The van der Waals surface area contributed by atoms with Gasteiger partial charge in [-0.05, 0) is 30.2 Å². The van der Waals surface area contributed by atoms with Crippen LogP contribution < -0.4 is 10.5 Å². The van der Waals surface area contributed by atoms with Gasteiger partial charge in [0.05, 0.1) is 16.4 Å². The number of anilines is 2. The topological polar surface area (TPSA) is 87.2 Å². The molecule has 0 fully saturated rings. The van der Waals surface area contributed by atoms with Crippen LogP contribution in [0.25, 0.3) is 22.2 Å². The van der Waals surface area contributed by atoms with Crippen LogP contribution in [0.3, 0.4) is 0 Å². The molecule has 8 heteroatoms. The molecule has 6 nitrogen and oxygen atoms in total. The molecule has 0 amide bonds. The smallest absolute Gasteiger partial charge is 0.183 e. The van der Waals surface area contributed by atoms with Gasteiger partial charge in [-0.25, -0.2) is 4.98 Å². The third kappa shape index (κ3) is 3.77. The molecular formula is C19H16ClN4O2S-. The molecule has 2 aromatic heterocycles. The van der Waals surface area contributed by atoms with Crippen molar-refractivity contribution >= 4 is 44.7 Å². The average Bonchev–Trinajstić information content (AvgIpc) is 3.30. The molecular weight excluding hydrogens is 384 g/mol. The molecule has 0 unspecified atom stereocenters. The molecule has 0 atom stereocenters. The summed E-state index contributed by atoms with van der Waals surface area (Å²) in [4.78, 5) is 7.83. The summed E-state index contributed by atoms with van der Waals surface area (Å²) in [5.74, 6) is 0. The number of benzene rings is 2. The van der Waals surface area contributed by atoms with Crippen molar-refractivity contribution in [2.75, 3.05) is 17.1 Å². The van der Waals surface area contributed by atoms with E-state index in [1.54, 1.807) is 12.1 Å². The Morgan fingerprint density at radius 1 is 1.26 bits per heavy atom. The molecule has 3 N–H and O–H groups in total. The third-order valence-electron chi connectivity index (χ3n) is 4.30. The van der Waals surface area contributed by atoms with E-state index in [4.69, 9.17) is 16.8 Å². The minimum Gasteiger partial charge on any atom is -0.733 e. The van der Waals surface area contributed by atoms with Gasteiger partial charge in [-0.3, -0.25) is 5.21 Å². The van der Waals surface area contributed by atoms with Crippen LogP contribution in [-0.4, -0.2) is 21.7 Å². The quantitative estimate of drug-likeness (QED) is 0.383. The molecule has 4 rings (SSSR count). The first-order chi connectivity index (χ1) is 13.1. The van der Waals surface area contributed by atoms with Gasteiger partial charge in [-0.2, -0.15) is 0 Å². The Bertz CT molecular complexity index is 1080. The summed E-state index contributed by atoms with van der Waals surface area (Å²) in [6, 6.07) is 13.1. The first-order valence-corrected chi connectivity index (χ1v) is 9.58. The standard InChI is InChI=1S/C19H16ClN4O2S/c20-15-6-5-12(9-18(15)24(25)26)17-11-27-19(23-17)21-8-7-13-10-22-16-4-2-1-3-14(13)16/h1-6,9-11,22,25H,7-8H2,(H,21,23)/q-1. The minimum atomic E-state index is -0.238. The minimum absolute atomic E-state index is 0.00369. The summed E-state index contributed by atoms with van der Waals surface area (Å²) < 4.78 is 0. The van der Waals surface area contributed by atoms with Crippen LogP contribution in [0.2, 0.25) is 5.02 Å². The predicted octanol–water partition coefficient (Wildman–Crippen LogP) is 5.29. The molecule has 0 saturated heterocycles. The van der Waals surface area contributed by atoms with Gasteiger partial charge in [0.25, 0.3) is 0 Å². The Morgan fingerprint density at radius 3 is 2.96 bits per heavy atom. The maximum Gasteiger partial charge on any atom is 0.183 e. The number of para-hydroxylation sites is 1. The van der Waals surface area contributed by atoms with Gasteiger partial charge < -0.3 is 20.7 Å². The van der Waals surface area contributed by atoms with Gasteiger partial charge in [0.2, 0.25) is 0 Å². The Hall–Kier alpha value is -2.58. The first kappa shape index (κ1) is 17.8. The van der Waals surface area contributed by atoms with Crippen LogP contribution >= 0.6 is 22.9 Å². The van der Waals surface area contributed by atoms with Crippen molar-refractivity contribution in [3.63, 3.8) is 0 Å². The van der Waals surface area contributed by atoms with Crippen LogP contribution in [0.5, 0.6) is 0 Å². The van der Waals surface area contributed by atoms with E-state index in [0.29, 0.717) is 5.56 Å². The van der Waals surface area contributed by atoms with E-state index in [1.807, 2.05) is 23.7 Å². The molecule has 0 bridgehead atoms. The predicted molar refractivity (Wildman–Crippen MR) is 111 cm³/mol. The summed E-state index contributed by atoms with van der Waals surface area (Å²) in [5.41, 5.74) is 3.82. The van der Waals surface area contributed by atoms with Crippen molar-refractivity contribution in [2.24, 2.45) is 0 Å². The molecule has 0 radical (unpaired) electrons. The van der Waals surface area contributed by atoms with Crippen molar-refractivity contribution in [1.82, 2.24) is 9.97 Å². The Labute approximate surface area is 164 Å². The van der Waals surface area contributed by atoms with Crippen molar-refractivity contribution in [3.8, 4) is 11.3 Å². The summed E-state index contributed by atoms with van der Waals surface area (Å²) in [6.45, 7) is 0.756. The number of hydrogen-bond acceptors (Lipinski definition) is 6. The van der Waals surface area contributed by atoms with Gasteiger partial charge in [0.1, 0.15) is 0 Å². The van der Waals surface area contributed by atoms with E-state index in [-0.39, 0.29) is 15.9 Å². The SMILES string of the molecule is [O-]N(O)c1cc(-c2csc(NCCc3c[nH]c4ccccc34)n2)ccc1Cl. The van der Waals surface area contributed by atoms with Gasteiger partial charge >= 0.3 is 0 Å². The first-order valence-electron chi connectivity index (χ1n) is 8.32. The summed E-state index contributed by atoms with van der Waals surface area (Å²) in [5, 5.41) is 27.5. The zero-order valence-electron chi connectivity index (χ0n) is 14.1. The molecule has 0 spiro atoms. The lowest BCUT2D eigenvalue weighted by atomic mass is 10.1. The number of H-pyrrole nitrogens is 1. The van der Waals surface area contributed by atoms with E-state index in [0.717, 1.165) is 29.3 Å². The molecule has 0 saturated carbocycles. The highest BCUT2D eigenvalue weighted by Crippen LogP contribution is 2.32.